The molecule has 3 rings (SSSR count). The van der Waals surface area contributed by atoms with Crippen molar-refractivity contribution in [2.75, 3.05) is 6.54 Å². The summed E-state index contributed by atoms with van der Waals surface area (Å²) >= 11 is 0. The first-order valence-corrected chi connectivity index (χ1v) is 14.0. The van der Waals surface area contributed by atoms with E-state index in [0.717, 1.165) is 30.4 Å². The van der Waals surface area contributed by atoms with Crippen molar-refractivity contribution in [2.45, 2.75) is 84.0 Å². The predicted octanol–water partition coefficient (Wildman–Crippen LogP) is 5.37. The fraction of sp³-hybridized carbons (Fsp3) is 0.469. The lowest BCUT2D eigenvalue weighted by atomic mass is 9.98. The van der Waals surface area contributed by atoms with Gasteiger partial charge in [0, 0.05) is 19.0 Å². The van der Waals surface area contributed by atoms with Crippen LogP contribution in [0.2, 0.25) is 0 Å². The van der Waals surface area contributed by atoms with Crippen LogP contribution in [0, 0.1) is 5.92 Å². The molecule has 0 heterocycles. The van der Waals surface area contributed by atoms with Gasteiger partial charge in [0.05, 0.1) is 0 Å². The molecule has 0 aliphatic heterocycles. The molecule has 0 radical (unpaired) electrons. The third kappa shape index (κ3) is 8.60. The Morgan fingerprint density at radius 1 is 1.18 bits per heavy atom. The van der Waals surface area contributed by atoms with Crippen LogP contribution in [-0.4, -0.2) is 52.1 Å². The Bertz CT molecular complexity index is 1190. The Kier molecular flexibility index (Phi) is 10.4. The van der Waals surface area contributed by atoms with E-state index < -0.39 is 23.8 Å². The molecule has 2 aromatic carbocycles. The van der Waals surface area contributed by atoms with Gasteiger partial charge in [0.1, 0.15) is 23.4 Å². The zero-order valence-electron chi connectivity index (χ0n) is 24.3. The number of unbranched alkanes of at least 4 members (excludes halogenated alkanes) is 1. The van der Waals surface area contributed by atoms with Gasteiger partial charge in [-0.15, -0.1) is 0 Å². The second-order valence-corrected chi connectivity index (χ2v) is 11.5. The zero-order chi connectivity index (χ0) is 29.4. The molecule has 216 valence electrons. The van der Waals surface area contributed by atoms with Crippen LogP contribution < -0.4 is 10.6 Å². The first-order valence-electron chi connectivity index (χ1n) is 14.0. The summed E-state index contributed by atoms with van der Waals surface area (Å²) in [7, 11) is 0. The van der Waals surface area contributed by atoms with Gasteiger partial charge < -0.3 is 25.4 Å². The van der Waals surface area contributed by atoms with E-state index in [1.165, 1.54) is 12.1 Å². The summed E-state index contributed by atoms with van der Waals surface area (Å²) in [5.74, 6) is -0.324. The highest BCUT2D eigenvalue weighted by Gasteiger charge is 2.48. The molecule has 3 amide bonds. The summed E-state index contributed by atoms with van der Waals surface area (Å²) in [5.41, 5.74) is 1.51. The third-order valence-corrected chi connectivity index (χ3v) is 6.86. The van der Waals surface area contributed by atoms with Gasteiger partial charge in [0.25, 0.3) is 0 Å². The highest BCUT2D eigenvalue weighted by Crippen LogP contribution is 2.41. The second kappa shape index (κ2) is 13.5. The minimum atomic E-state index is -0.999. The summed E-state index contributed by atoms with van der Waals surface area (Å²) in [6.07, 6.45) is 3.65. The molecule has 1 fully saturated rings. The van der Waals surface area contributed by atoms with Crippen molar-refractivity contribution in [2.24, 2.45) is 5.92 Å². The summed E-state index contributed by atoms with van der Waals surface area (Å²) in [5, 5.41) is 15.5. The molecule has 0 aromatic heterocycles. The molecule has 40 heavy (non-hydrogen) atoms. The number of phenolic OH excluding ortho intramolecular Hbond substituents is 1. The van der Waals surface area contributed by atoms with Crippen LogP contribution in [0.25, 0.3) is 6.08 Å². The monoisotopic (exact) mass is 549 g/mol. The van der Waals surface area contributed by atoms with Crippen LogP contribution in [0.3, 0.4) is 0 Å². The van der Waals surface area contributed by atoms with Crippen molar-refractivity contribution in [1.82, 2.24) is 15.5 Å². The Hall–Kier alpha value is -3.81. The largest absolute Gasteiger partial charge is 0.508 e. The quantitative estimate of drug-likeness (QED) is 0.309. The molecule has 8 heteroatoms. The minimum Gasteiger partial charge on any atom is -0.508 e. The summed E-state index contributed by atoms with van der Waals surface area (Å²) < 4.78 is 5.49. The number of nitrogens with zero attached hydrogens (tertiary/aromatic N) is 1. The van der Waals surface area contributed by atoms with Crippen LogP contribution in [0.4, 0.5) is 4.79 Å². The number of ether oxygens (including phenoxy) is 1. The summed E-state index contributed by atoms with van der Waals surface area (Å²) in [4.78, 5) is 42.8. The SMILES string of the molecule is C=Cc1cccc(C(C(=O)NCCCC)N(C(=O)C(Cc2ccc(O)cc2)NC(=O)OC(C)(C)C)C2CC2C)c1. The minimum absolute atomic E-state index is 0.103. The number of benzene rings is 2. The van der Waals surface area contributed by atoms with Crippen LogP contribution >= 0.6 is 0 Å². The molecule has 1 aliphatic rings. The molecule has 0 bridgehead atoms. The first-order chi connectivity index (χ1) is 18.9. The molecule has 2 aromatic rings. The molecular formula is C32H43N3O5. The Labute approximate surface area is 237 Å². The fourth-order valence-electron chi connectivity index (χ4n) is 4.65. The van der Waals surface area contributed by atoms with E-state index in [9.17, 15) is 19.5 Å². The molecule has 4 atom stereocenters. The van der Waals surface area contributed by atoms with Gasteiger partial charge in [0.15, 0.2) is 0 Å². The van der Waals surface area contributed by atoms with E-state index in [-0.39, 0.29) is 35.9 Å². The van der Waals surface area contributed by atoms with Crippen LogP contribution in [0.15, 0.2) is 55.1 Å². The van der Waals surface area contributed by atoms with Crippen molar-refractivity contribution < 1.29 is 24.2 Å². The second-order valence-electron chi connectivity index (χ2n) is 11.5. The molecule has 4 unspecified atom stereocenters. The number of hydrogen-bond donors (Lipinski definition) is 3. The molecule has 0 saturated heterocycles. The maximum Gasteiger partial charge on any atom is 0.408 e. The third-order valence-electron chi connectivity index (χ3n) is 6.86. The number of alkyl carbamates (subject to hydrolysis) is 1. The Balaban J connectivity index is 2.04. The number of phenols is 1. The van der Waals surface area contributed by atoms with Gasteiger partial charge in [-0.2, -0.15) is 0 Å². The van der Waals surface area contributed by atoms with E-state index in [4.69, 9.17) is 4.74 Å². The van der Waals surface area contributed by atoms with E-state index >= 15 is 0 Å². The highest BCUT2D eigenvalue weighted by atomic mass is 16.6. The number of amides is 3. The van der Waals surface area contributed by atoms with Crippen LogP contribution in [0.5, 0.6) is 5.75 Å². The van der Waals surface area contributed by atoms with E-state index in [1.807, 2.05) is 31.2 Å². The average Bonchev–Trinajstić information content (AvgIpc) is 3.62. The standard InChI is InChI=1S/C32H43N3O5/c1-7-9-17-33-29(37)28(24-12-10-11-22(8-2)19-24)35(27-18-21(27)3)30(38)26(34-31(39)40-32(4,5)6)20-23-13-15-25(36)16-14-23/h8,10-16,19,21,26-28,36H,2,7,9,17-18,20H2,1,3-6H3,(H,33,37)(H,34,39). The van der Waals surface area contributed by atoms with Gasteiger partial charge in [-0.25, -0.2) is 4.79 Å². The summed E-state index contributed by atoms with van der Waals surface area (Å²) in [6.45, 7) is 13.7. The lowest BCUT2D eigenvalue weighted by Gasteiger charge is -2.35. The number of carbonyl (C=O) groups excluding carboxylic acids is 3. The maximum atomic E-state index is 14.5. The van der Waals surface area contributed by atoms with Gasteiger partial charge in [-0.3, -0.25) is 9.59 Å². The smallest absolute Gasteiger partial charge is 0.408 e. The predicted molar refractivity (Wildman–Crippen MR) is 157 cm³/mol. The molecular weight excluding hydrogens is 506 g/mol. The van der Waals surface area contributed by atoms with E-state index in [2.05, 4.69) is 24.1 Å². The fourth-order valence-corrected chi connectivity index (χ4v) is 4.65. The molecule has 1 aliphatic carbocycles. The average molecular weight is 550 g/mol. The molecule has 1 saturated carbocycles. The zero-order valence-corrected chi connectivity index (χ0v) is 24.3. The number of carbonyl (C=O) groups is 3. The van der Waals surface area contributed by atoms with E-state index in [0.29, 0.717) is 12.1 Å². The van der Waals surface area contributed by atoms with Gasteiger partial charge in [-0.05, 0) is 74.4 Å². The van der Waals surface area contributed by atoms with Crippen molar-refractivity contribution in [3.8, 4) is 5.75 Å². The summed E-state index contributed by atoms with van der Waals surface area (Å²) in [6, 6.07) is 11.9. The first kappa shape index (κ1) is 30.7. The molecule has 0 spiro atoms. The molecule has 3 N–H and O–H groups in total. The van der Waals surface area contributed by atoms with Gasteiger partial charge in [0.2, 0.25) is 11.8 Å². The van der Waals surface area contributed by atoms with E-state index in [1.54, 1.807) is 43.9 Å². The van der Waals surface area contributed by atoms with Crippen molar-refractivity contribution in [1.29, 1.82) is 0 Å². The number of rotatable bonds is 12. The molecule has 8 nitrogen and oxygen atoms in total. The lowest BCUT2D eigenvalue weighted by molar-refractivity contribution is -0.143. The van der Waals surface area contributed by atoms with Crippen molar-refractivity contribution >= 4 is 24.0 Å². The lowest BCUT2D eigenvalue weighted by Crippen LogP contribution is -2.54. The Morgan fingerprint density at radius 3 is 2.42 bits per heavy atom. The van der Waals surface area contributed by atoms with Crippen molar-refractivity contribution in [3.63, 3.8) is 0 Å². The highest BCUT2D eigenvalue weighted by molar-refractivity contribution is 5.93. The van der Waals surface area contributed by atoms with Crippen molar-refractivity contribution in [3.05, 3.63) is 71.8 Å². The maximum absolute atomic E-state index is 14.5. The number of aromatic hydroxyl groups is 1. The Morgan fingerprint density at radius 2 is 1.85 bits per heavy atom. The number of hydrogen-bond acceptors (Lipinski definition) is 5. The van der Waals surface area contributed by atoms with Crippen LogP contribution in [-0.2, 0) is 20.7 Å². The van der Waals surface area contributed by atoms with Gasteiger partial charge >= 0.3 is 6.09 Å². The topological polar surface area (TPSA) is 108 Å². The number of nitrogens with one attached hydrogen (secondary N) is 2. The normalized spacial score (nSPS) is 17.7. The van der Waals surface area contributed by atoms with Crippen LogP contribution in [0.1, 0.15) is 76.6 Å². The van der Waals surface area contributed by atoms with Gasteiger partial charge in [-0.1, -0.05) is 63.3 Å².